The van der Waals surface area contributed by atoms with Gasteiger partial charge >= 0.3 is 0 Å². The summed E-state index contributed by atoms with van der Waals surface area (Å²) in [6.45, 7) is 6.13. The van der Waals surface area contributed by atoms with Gasteiger partial charge in [-0.3, -0.25) is 0 Å². The molecule has 1 aromatic carbocycles. The molecular formula is C14H18BrN3. The van der Waals surface area contributed by atoms with E-state index in [0.29, 0.717) is 0 Å². The summed E-state index contributed by atoms with van der Waals surface area (Å²) in [5, 5.41) is 0. The van der Waals surface area contributed by atoms with Gasteiger partial charge < -0.3 is 10.3 Å². The summed E-state index contributed by atoms with van der Waals surface area (Å²) in [6.07, 6.45) is 4.63. The monoisotopic (exact) mass is 307 g/mol. The Morgan fingerprint density at radius 2 is 2.11 bits per heavy atom. The minimum Gasteiger partial charge on any atom is -0.321 e. The molecule has 96 valence electrons. The van der Waals surface area contributed by atoms with Crippen molar-refractivity contribution in [1.29, 1.82) is 0 Å². The third-order valence-electron chi connectivity index (χ3n) is 2.98. The first-order chi connectivity index (χ1) is 8.43. The standard InChI is InChI=1S/C14H18BrN3/c1-4-10-7-11(15)5-6-12(10)18-9-17-8-13(18)14(2,3)16/h5-9H,4,16H2,1-3H3. The minimum absolute atomic E-state index is 0.408. The van der Waals surface area contributed by atoms with Crippen LogP contribution in [0.3, 0.4) is 0 Å². The molecule has 0 spiro atoms. The van der Waals surface area contributed by atoms with Crippen LogP contribution in [0.25, 0.3) is 5.69 Å². The zero-order valence-electron chi connectivity index (χ0n) is 10.9. The highest BCUT2D eigenvalue weighted by atomic mass is 79.9. The maximum absolute atomic E-state index is 6.19. The summed E-state index contributed by atoms with van der Waals surface area (Å²) in [6, 6.07) is 6.28. The van der Waals surface area contributed by atoms with Gasteiger partial charge in [-0.1, -0.05) is 22.9 Å². The van der Waals surface area contributed by atoms with Crippen LogP contribution in [0.1, 0.15) is 32.0 Å². The molecule has 4 heteroatoms. The average Bonchev–Trinajstić information content (AvgIpc) is 2.77. The van der Waals surface area contributed by atoms with Gasteiger partial charge in [0.1, 0.15) is 0 Å². The average molecular weight is 308 g/mol. The van der Waals surface area contributed by atoms with E-state index in [9.17, 15) is 0 Å². The number of nitrogens with two attached hydrogens (primary N) is 1. The van der Waals surface area contributed by atoms with E-state index < -0.39 is 5.54 Å². The molecule has 0 aliphatic heterocycles. The predicted octanol–water partition coefficient (Wildman–Crippen LogP) is 3.39. The van der Waals surface area contributed by atoms with Crippen molar-refractivity contribution in [2.45, 2.75) is 32.7 Å². The van der Waals surface area contributed by atoms with E-state index in [0.717, 1.165) is 22.3 Å². The van der Waals surface area contributed by atoms with Gasteiger partial charge in [0, 0.05) is 4.47 Å². The van der Waals surface area contributed by atoms with Gasteiger partial charge in [0.25, 0.3) is 0 Å². The maximum atomic E-state index is 6.19. The van der Waals surface area contributed by atoms with Crippen LogP contribution in [0.5, 0.6) is 0 Å². The van der Waals surface area contributed by atoms with Gasteiger partial charge in [-0.15, -0.1) is 0 Å². The number of halogens is 1. The van der Waals surface area contributed by atoms with E-state index in [2.05, 4.69) is 44.5 Å². The second kappa shape index (κ2) is 4.86. The number of hydrogen-bond acceptors (Lipinski definition) is 2. The van der Waals surface area contributed by atoms with Crippen LogP contribution in [0.2, 0.25) is 0 Å². The molecule has 0 aliphatic rings. The normalized spacial score (nSPS) is 11.8. The molecule has 0 radical (unpaired) electrons. The smallest absolute Gasteiger partial charge is 0.0994 e. The van der Waals surface area contributed by atoms with E-state index in [1.165, 1.54) is 5.56 Å². The summed E-state index contributed by atoms with van der Waals surface area (Å²) in [7, 11) is 0. The van der Waals surface area contributed by atoms with Crippen LogP contribution < -0.4 is 5.73 Å². The van der Waals surface area contributed by atoms with Crippen molar-refractivity contribution in [3.8, 4) is 5.69 Å². The third kappa shape index (κ3) is 2.49. The SMILES string of the molecule is CCc1cc(Br)ccc1-n1cncc1C(C)(C)N. The van der Waals surface area contributed by atoms with Crippen LogP contribution >= 0.6 is 15.9 Å². The lowest BCUT2D eigenvalue weighted by Gasteiger charge is -2.22. The first-order valence-electron chi connectivity index (χ1n) is 6.04. The van der Waals surface area contributed by atoms with Gasteiger partial charge in [-0.05, 0) is 44.0 Å². The number of imidazole rings is 1. The van der Waals surface area contributed by atoms with Crippen LogP contribution in [0, 0.1) is 0 Å². The second-order valence-corrected chi connectivity index (χ2v) is 5.91. The minimum atomic E-state index is -0.408. The highest BCUT2D eigenvalue weighted by molar-refractivity contribution is 9.10. The lowest BCUT2D eigenvalue weighted by molar-refractivity contribution is 0.524. The van der Waals surface area contributed by atoms with E-state index in [-0.39, 0.29) is 0 Å². The van der Waals surface area contributed by atoms with Crippen molar-refractivity contribution in [2.75, 3.05) is 0 Å². The topological polar surface area (TPSA) is 43.8 Å². The lowest BCUT2D eigenvalue weighted by Crippen LogP contribution is -2.31. The van der Waals surface area contributed by atoms with Crippen molar-refractivity contribution in [2.24, 2.45) is 5.73 Å². The first kappa shape index (κ1) is 13.3. The second-order valence-electron chi connectivity index (χ2n) is 5.00. The summed E-state index contributed by atoms with van der Waals surface area (Å²) >= 11 is 3.51. The number of hydrogen-bond donors (Lipinski definition) is 1. The molecule has 0 saturated heterocycles. The Hall–Kier alpha value is -1.13. The molecule has 2 aromatic rings. The molecule has 0 unspecified atom stereocenters. The van der Waals surface area contributed by atoms with Gasteiger partial charge in [0.15, 0.2) is 0 Å². The molecule has 2 N–H and O–H groups in total. The van der Waals surface area contributed by atoms with Gasteiger partial charge in [0.05, 0.1) is 29.4 Å². The van der Waals surface area contributed by atoms with E-state index in [1.807, 2.05) is 32.4 Å². The van der Waals surface area contributed by atoms with Gasteiger partial charge in [-0.25, -0.2) is 4.98 Å². The number of benzene rings is 1. The number of aryl methyl sites for hydroxylation is 1. The van der Waals surface area contributed by atoms with Crippen LogP contribution in [-0.4, -0.2) is 9.55 Å². The lowest BCUT2D eigenvalue weighted by atomic mass is 10.0. The fourth-order valence-electron chi connectivity index (χ4n) is 2.04. The molecule has 0 amide bonds. The molecule has 0 saturated carbocycles. The van der Waals surface area contributed by atoms with E-state index in [4.69, 9.17) is 5.73 Å². The summed E-state index contributed by atoms with van der Waals surface area (Å²) < 4.78 is 3.17. The molecular weight excluding hydrogens is 290 g/mol. The van der Waals surface area contributed by atoms with Gasteiger partial charge in [-0.2, -0.15) is 0 Å². The Bertz CT molecular complexity index is 552. The summed E-state index contributed by atoms with van der Waals surface area (Å²) in [5.41, 5.74) is 9.21. The Kier molecular flexibility index (Phi) is 3.59. The van der Waals surface area contributed by atoms with Crippen LogP contribution in [-0.2, 0) is 12.0 Å². The number of aromatic nitrogens is 2. The highest BCUT2D eigenvalue weighted by Gasteiger charge is 2.20. The fraction of sp³-hybridized carbons (Fsp3) is 0.357. The number of nitrogens with zero attached hydrogens (tertiary/aromatic N) is 2. The van der Waals surface area contributed by atoms with Crippen molar-refractivity contribution in [1.82, 2.24) is 9.55 Å². The molecule has 2 rings (SSSR count). The summed E-state index contributed by atoms with van der Waals surface area (Å²) in [5.74, 6) is 0. The molecule has 1 heterocycles. The predicted molar refractivity (Wildman–Crippen MR) is 77.9 cm³/mol. The number of rotatable bonds is 3. The Labute approximate surface area is 116 Å². The van der Waals surface area contributed by atoms with Crippen LogP contribution in [0.4, 0.5) is 0 Å². The third-order valence-corrected chi connectivity index (χ3v) is 3.47. The van der Waals surface area contributed by atoms with E-state index >= 15 is 0 Å². The maximum Gasteiger partial charge on any atom is 0.0994 e. The molecule has 0 aliphatic carbocycles. The molecule has 18 heavy (non-hydrogen) atoms. The first-order valence-corrected chi connectivity index (χ1v) is 6.83. The Balaban J connectivity index is 2.59. The van der Waals surface area contributed by atoms with Crippen molar-refractivity contribution in [3.63, 3.8) is 0 Å². The fourth-order valence-corrected chi connectivity index (χ4v) is 2.44. The van der Waals surface area contributed by atoms with Crippen molar-refractivity contribution < 1.29 is 0 Å². The molecule has 0 atom stereocenters. The summed E-state index contributed by atoms with van der Waals surface area (Å²) in [4.78, 5) is 4.23. The van der Waals surface area contributed by atoms with Crippen molar-refractivity contribution in [3.05, 3.63) is 46.5 Å². The zero-order valence-corrected chi connectivity index (χ0v) is 12.5. The van der Waals surface area contributed by atoms with Crippen molar-refractivity contribution >= 4 is 15.9 Å². The molecule has 0 fully saturated rings. The van der Waals surface area contributed by atoms with E-state index in [1.54, 1.807) is 0 Å². The molecule has 0 bridgehead atoms. The Morgan fingerprint density at radius 3 is 2.72 bits per heavy atom. The largest absolute Gasteiger partial charge is 0.321 e. The van der Waals surface area contributed by atoms with Gasteiger partial charge in [0.2, 0.25) is 0 Å². The quantitative estimate of drug-likeness (QED) is 0.944. The van der Waals surface area contributed by atoms with Crippen LogP contribution in [0.15, 0.2) is 35.2 Å². The zero-order chi connectivity index (χ0) is 13.3. The highest BCUT2D eigenvalue weighted by Crippen LogP contribution is 2.25. The molecule has 3 nitrogen and oxygen atoms in total. The molecule has 1 aromatic heterocycles. The Morgan fingerprint density at radius 1 is 1.39 bits per heavy atom.